The van der Waals surface area contributed by atoms with E-state index in [0.717, 1.165) is 0 Å². The summed E-state index contributed by atoms with van der Waals surface area (Å²) in [5, 5.41) is 2.72. The molecule has 0 aliphatic rings. The number of carbonyl (C=O) groups excluding carboxylic acids is 2. The van der Waals surface area contributed by atoms with E-state index < -0.39 is 0 Å². The van der Waals surface area contributed by atoms with Gasteiger partial charge in [-0.2, -0.15) is 0 Å². The van der Waals surface area contributed by atoms with Crippen LogP contribution in [0.25, 0.3) is 0 Å². The van der Waals surface area contributed by atoms with Crippen molar-refractivity contribution in [1.82, 2.24) is 4.90 Å². The zero-order valence-corrected chi connectivity index (χ0v) is 12.6. The molecule has 5 nitrogen and oxygen atoms in total. The van der Waals surface area contributed by atoms with Crippen molar-refractivity contribution in [1.29, 1.82) is 0 Å². The zero-order chi connectivity index (χ0) is 14.7. The second-order valence-corrected chi connectivity index (χ2v) is 5.06. The van der Waals surface area contributed by atoms with Crippen LogP contribution in [-0.2, 0) is 0 Å². The molecule has 0 aliphatic carbocycles. The lowest BCUT2D eigenvalue weighted by molar-refractivity contribution is 0.0827. The van der Waals surface area contributed by atoms with Gasteiger partial charge in [0.1, 0.15) is 0 Å². The largest absolute Gasteiger partial charge is 0.457 e. The molecular formula is C14H13BrN2O3. The SMILES string of the molecule is CN(C)C(=O)c1cccc(NC(=O)c2ccoc2Br)c1. The lowest BCUT2D eigenvalue weighted by atomic mass is 10.1. The molecule has 2 amide bonds. The number of amides is 2. The van der Waals surface area contributed by atoms with E-state index in [4.69, 9.17) is 4.42 Å². The van der Waals surface area contributed by atoms with Crippen LogP contribution in [0.15, 0.2) is 45.7 Å². The molecule has 0 spiro atoms. The Kier molecular flexibility index (Phi) is 4.24. The first-order valence-electron chi connectivity index (χ1n) is 5.85. The molecular weight excluding hydrogens is 324 g/mol. The molecule has 2 rings (SSSR count). The molecule has 20 heavy (non-hydrogen) atoms. The van der Waals surface area contributed by atoms with E-state index in [-0.39, 0.29) is 11.8 Å². The number of rotatable bonds is 3. The minimum absolute atomic E-state index is 0.120. The number of halogens is 1. The van der Waals surface area contributed by atoms with Crippen LogP contribution in [0.5, 0.6) is 0 Å². The van der Waals surface area contributed by atoms with Crippen molar-refractivity contribution in [3.8, 4) is 0 Å². The van der Waals surface area contributed by atoms with E-state index in [1.54, 1.807) is 44.4 Å². The van der Waals surface area contributed by atoms with Crippen molar-refractivity contribution in [2.75, 3.05) is 19.4 Å². The average molecular weight is 337 g/mol. The normalized spacial score (nSPS) is 10.2. The van der Waals surface area contributed by atoms with Crippen LogP contribution in [-0.4, -0.2) is 30.8 Å². The Morgan fingerprint density at radius 1 is 1.25 bits per heavy atom. The highest BCUT2D eigenvalue weighted by Crippen LogP contribution is 2.19. The molecule has 0 fully saturated rings. The fraction of sp³-hybridized carbons (Fsp3) is 0.143. The standard InChI is InChI=1S/C14H13BrN2O3/c1-17(2)14(19)9-4-3-5-10(8-9)16-13(18)11-6-7-20-12(11)15/h3-8H,1-2H3,(H,16,18). The lowest BCUT2D eigenvalue weighted by Gasteiger charge is -2.11. The maximum atomic E-state index is 12.0. The Hall–Kier alpha value is -2.08. The Bertz CT molecular complexity index is 649. The Morgan fingerprint density at radius 3 is 2.60 bits per heavy atom. The second-order valence-electron chi connectivity index (χ2n) is 4.34. The van der Waals surface area contributed by atoms with E-state index in [1.807, 2.05) is 0 Å². The third-order valence-electron chi connectivity index (χ3n) is 2.64. The molecule has 0 radical (unpaired) electrons. The summed E-state index contributed by atoms with van der Waals surface area (Å²) in [5.74, 6) is -0.425. The maximum absolute atomic E-state index is 12.0. The summed E-state index contributed by atoms with van der Waals surface area (Å²) in [6, 6.07) is 8.34. The van der Waals surface area contributed by atoms with Gasteiger partial charge in [0.15, 0.2) is 4.67 Å². The fourth-order valence-corrected chi connectivity index (χ4v) is 2.06. The molecule has 0 atom stereocenters. The summed E-state index contributed by atoms with van der Waals surface area (Å²) >= 11 is 3.15. The molecule has 0 unspecified atom stereocenters. The van der Waals surface area contributed by atoms with E-state index in [1.165, 1.54) is 11.2 Å². The topological polar surface area (TPSA) is 62.6 Å². The van der Waals surface area contributed by atoms with Crippen LogP contribution in [0.1, 0.15) is 20.7 Å². The highest BCUT2D eigenvalue weighted by molar-refractivity contribution is 9.10. The van der Waals surface area contributed by atoms with E-state index in [9.17, 15) is 9.59 Å². The van der Waals surface area contributed by atoms with E-state index in [0.29, 0.717) is 21.5 Å². The van der Waals surface area contributed by atoms with Gasteiger partial charge in [0, 0.05) is 25.3 Å². The molecule has 1 aromatic carbocycles. The third kappa shape index (κ3) is 3.08. The van der Waals surface area contributed by atoms with Gasteiger partial charge in [0.05, 0.1) is 11.8 Å². The Labute approximate surface area is 124 Å². The first-order chi connectivity index (χ1) is 9.49. The first kappa shape index (κ1) is 14.3. The van der Waals surface area contributed by atoms with Gasteiger partial charge in [-0.1, -0.05) is 6.07 Å². The Balaban J connectivity index is 2.18. The summed E-state index contributed by atoms with van der Waals surface area (Å²) in [7, 11) is 3.35. The molecule has 1 N–H and O–H groups in total. The van der Waals surface area contributed by atoms with E-state index >= 15 is 0 Å². The van der Waals surface area contributed by atoms with Gasteiger partial charge in [0.2, 0.25) is 0 Å². The van der Waals surface area contributed by atoms with E-state index in [2.05, 4.69) is 21.2 Å². The quantitative estimate of drug-likeness (QED) is 0.937. The number of hydrogen-bond donors (Lipinski definition) is 1. The highest BCUT2D eigenvalue weighted by Gasteiger charge is 2.14. The van der Waals surface area contributed by atoms with Gasteiger partial charge in [-0.25, -0.2) is 0 Å². The lowest BCUT2D eigenvalue weighted by Crippen LogP contribution is -2.21. The summed E-state index contributed by atoms with van der Waals surface area (Å²) in [6.07, 6.45) is 1.42. The molecule has 104 valence electrons. The van der Waals surface area contributed by atoms with Crippen LogP contribution < -0.4 is 5.32 Å². The van der Waals surface area contributed by atoms with Crippen LogP contribution in [0.2, 0.25) is 0 Å². The van der Waals surface area contributed by atoms with Gasteiger partial charge >= 0.3 is 0 Å². The van der Waals surface area contributed by atoms with Crippen molar-refractivity contribution >= 4 is 33.4 Å². The summed E-state index contributed by atoms with van der Waals surface area (Å²) in [6.45, 7) is 0. The number of carbonyl (C=O) groups is 2. The zero-order valence-electron chi connectivity index (χ0n) is 11.0. The number of anilines is 1. The van der Waals surface area contributed by atoms with Gasteiger partial charge in [-0.3, -0.25) is 9.59 Å². The van der Waals surface area contributed by atoms with Crippen LogP contribution in [0, 0.1) is 0 Å². The molecule has 6 heteroatoms. The molecule has 0 bridgehead atoms. The summed E-state index contributed by atoms with van der Waals surface area (Å²) < 4.78 is 5.38. The summed E-state index contributed by atoms with van der Waals surface area (Å²) in [4.78, 5) is 25.4. The van der Waals surface area contributed by atoms with Gasteiger partial charge in [-0.05, 0) is 40.2 Å². The minimum atomic E-state index is -0.305. The fourth-order valence-electron chi connectivity index (χ4n) is 1.64. The molecule has 1 heterocycles. The third-order valence-corrected chi connectivity index (χ3v) is 3.25. The van der Waals surface area contributed by atoms with Crippen molar-refractivity contribution < 1.29 is 14.0 Å². The first-order valence-corrected chi connectivity index (χ1v) is 6.64. The summed E-state index contributed by atoms with van der Waals surface area (Å²) in [5.41, 5.74) is 1.46. The number of benzene rings is 1. The minimum Gasteiger partial charge on any atom is -0.457 e. The van der Waals surface area contributed by atoms with Gasteiger partial charge in [0.25, 0.3) is 11.8 Å². The number of hydrogen-bond acceptors (Lipinski definition) is 3. The maximum Gasteiger partial charge on any atom is 0.260 e. The van der Waals surface area contributed by atoms with Gasteiger partial charge in [-0.15, -0.1) is 0 Å². The van der Waals surface area contributed by atoms with Crippen LogP contribution in [0.3, 0.4) is 0 Å². The number of nitrogens with zero attached hydrogens (tertiary/aromatic N) is 1. The number of furan rings is 1. The average Bonchev–Trinajstić information content (AvgIpc) is 2.84. The highest BCUT2D eigenvalue weighted by atomic mass is 79.9. The second kappa shape index (κ2) is 5.92. The van der Waals surface area contributed by atoms with Crippen LogP contribution in [0.4, 0.5) is 5.69 Å². The smallest absolute Gasteiger partial charge is 0.260 e. The van der Waals surface area contributed by atoms with Crippen LogP contribution >= 0.6 is 15.9 Å². The monoisotopic (exact) mass is 336 g/mol. The van der Waals surface area contributed by atoms with Crippen molar-refractivity contribution in [2.24, 2.45) is 0 Å². The van der Waals surface area contributed by atoms with Crippen molar-refractivity contribution in [2.45, 2.75) is 0 Å². The Morgan fingerprint density at radius 2 is 2.00 bits per heavy atom. The van der Waals surface area contributed by atoms with Crippen molar-refractivity contribution in [3.05, 3.63) is 52.4 Å². The van der Waals surface area contributed by atoms with Gasteiger partial charge < -0.3 is 14.6 Å². The molecule has 1 aromatic heterocycles. The molecule has 2 aromatic rings. The molecule has 0 saturated heterocycles. The molecule has 0 aliphatic heterocycles. The van der Waals surface area contributed by atoms with Crippen molar-refractivity contribution in [3.63, 3.8) is 0 Å². The number of nitrogens with one attached hydrogen (secondary N) is 1. The predicted molar refractivity (Wildman–Crippen MR) is 78.8 cm³/mol. The molecule has 0 saturated carbocycles. The predicted octanol–water partition coefficient (Wildman–Crippen LogP) is 3.00.